The Balaban J connectivity index is 1.23. The zero-order valence-electron chi connectivity index (χ0n) is 19.1. The third-order valence-corrected chi connectivity index (χ3v) is 5.45. The number of rotatable bonds is 6. The molecule has 0 bridgehead atoms. The molecule has 3 heterocycles. The molecule has 35 heavy (non-hydrogen) atoms. The predicted octanol–water partition coefficient (Wildman–Crippen LogP) is 4.90. The molecule has 172 valence electrons. The monoisotopic (exact) mass is 461 g/mol. The molecule has 5 rings (SSSR count). The van der Waals surface area contributed by atoms with E-state index in [2.05, 4.69) is 30.6 Å². The van der Waals surface area contributed by atoms with E-state index in [0.717, 1.165) is 39.2 Å². The fourth-order valence-corrected chi connectivity index (χ4v) is 3.81. The van der Waals surface area contributed by atoms with Gasteiger partial charge in [-0.15, -0.1) is 0 Å². The molecule has 0 saturated carbocycles. The standard InChI is InChI=1S/C27H23N7O/c1-17-14-21(33-27(28)31-17)15-18-6-11-25(30-16-18)34-26(35)19-7-9-20(10-8-19)32-24-12-13-29-23-5-3-2-4-22(23)24/h2-14,16H,15H2,1H3,(H,29,32)(H2,28,31,33)(H,30,34,35). The number of nitrogens with one attached hydrogen (secondary N) is 2. The van der Waals surface area contributed by atoms with Crippen molar-refractivity contribution < 1.29 is 4.79 Å². The summed E-state index contributed by atoms with van der Waals surface area (Å²) in [5, 5.41) is 7.26. The number of nitrogen functional groups attached to an aromatic ring is 1. The molecule has 4 N–H and O–H groups in total. The fourth-order valence-electron chi connectivity index (χ4n) is 3.81. The van der Waals surface area contributed by atoms with Crippen LogP contribution in [0.15, 0.2) is 85.2 Å². The van der Waals surface area contributed by atoms with Crippen molar-refractivity contribution in [3.8, 4) is 0 Å². The van der Waals surface area contributed by atoms with Crippen LogP contribution in [0.1, 0.15) is 27.3 Å². The Bertz CT molecular complexity index is 1470. The van der Waals surface area contributed by atoms with Crippen molar-refractivity contribution >= 4 is 40.0 Å². The van der Waals surface area contributed by atoms with Gasteiger partial charge in [-0.3, -0.25) is 9.78 Å². The molecule has 0 aliphatic heterocycles. The number of nitrogens with two attached hydrogens (primary N) is 1. The van der Waals surface area contributed by atoms with Crippen molar-refractivity contribution in [2.45, 2.75) is 13.3 Å². The molecule has 0 atom stereocenters. The van der Waals surface area contributed by atoms with Gasteiger partial charge in [0.2, 0.25) is 5.95 Å². The first kappa shape index (κ1) is 22.0. The fraction of sp³-hybridized carbons (Fsp3) is 0.0741. The smallest absolute Gasteiger partial charge is 0.256 e. The minimum Gasteiger partial charge on any atom is -0.368 e. The van der Waals surface area contributed by atoms with Gasteiger partial charge >= 0.3 is 0 Å². The van der Waals surface area contributed by atoms with Crippen molar-refractivity contribution in [1.29, 1.82) is 0 Å². The largest absolute Gasteiger partial charge is 0.368 e. The van der Waals surface area contributed by atoms with Crippen LogP contribution in [0.2, 0.25) is 0 Å². The van der Waals surface area contributed by atoms with E-state index in [1.165, 1.54) is 0 Å². The van der Waals surface area contributed by atoms with Crippen LogP contribution in [-0.2, 0) is 6.42 Å². The summed E-state index contributed by atoms with van der Waals surface area (Å²) in [6.07, 6.45) is 4.07. The van der Waals surface area contributed by atoms with Gasteiger partial charge in [0.25, 0.3) is 5.91 Å². The number of amides is 1. The summed E-state index contributed by atoms with van der Waals surface area (Å²) < 4.78 is 0. The normalized spacial score (nSPS) is 10.8. The molecule has 2 aromatic carbocycles. The second kappa shape index (κ2) is 9.56. The maximum absolute atomic E-state index is 12.7. The van der Waals surface area contributed by atoms with Gasteiger partial charge in [0, 0.05) is 46.8 Å². The number of hydrogen-bond acceptors (Lipinski definition) is 7. The highest BCUT2D eigenvalue weighted by Gasteiger charge is 2.09. The molecule has 8 nitrogen and oxygen atoms in total. The summed E-state index contributed by atoms with van der Waals surface area (Å²) in [7, 11) is 0. The van der Waals surface area contributed by atoms with Crippen LogP contribution >= 0.6 is 0 Å². The Morgan fingerprint density at radius 3 is 2.54 bits per heavy atom. The van der Waals surface area contributed by atoms with E-state index in [4.69, 9.17) is 5.73 Å². The van der Waals surface area contributed by atoms with Crippen molar-refractivity contribution in [1.82, 2.24) is 19.9 Å². The van der Waals surface area contributed by atoms with Crippen LogP contribution in [0.4, 0.5) is 23.1 Å². The lowest BCUT2D eigenvalue weighted by Crippen LogP contribution is -2.13. The van der Waals surface area contributed by atoms with Crippen LogP contribution in [0.5, 0.6) is 0 Å². The third kappa shape index (κ3) is 5.22. The topological polar surface area (TPSA) is 119 Å². The number of benzene rings is 2. The summed E-state index contributed by atoms with van der Waals surface area (Å²) >= 11 is 0. The Labute approximate surface area is 202 Å². The van der Waals surface area contributed by atoms with E-state index in [1.807, 2.05) is 61.5 Å². The molecular weight excluding hydrogens is 438 g/mol. The number of fused-ring (bicyclic) bond motifs is 1. The molecule has 0 aliphatic carbocycles. The Hall–Kier alpha value is -4.85. The van der Waals surface area contributed by atoms with Crippen LogP contribution in [0.25, 0.3) is 10.9 Å². The molecule has 0 unspecified atom stereocenters. The zero-order chi connectivity index (χ0) is 24.2. The quantitative estimate of drug-likeness (QED) is 0.329. The SMILES string of the molecule is Cc1cc(Cc2ccc(NC(=O)c3ccc(Nc4ccnc5ccccc45)cc3)nc2)nc(N)n1. The third-order valence-electron chi connectivity index (χ3n) is 5.45. The summed E-state index contributed by atoms with van der Waals surface area (Å²) in [6, 6.07) is 22.7. The van der Waals surface area contributed by atoms with Gasteiger partial charge in [-0.05, 0) is 61.0 Å². The summed E-state index contributed by atoms with van der Waals surface area (Å²) in [5.41, 5.74) is 11.6. The summed E-state index contributed by atoms with van der Waals surface area (Å²) in [4.78, 5) is 29.8. The molecule has 0 radical (unpaired) electrons. The summed E-state index contributed by atoms with van der Waals surface area (Å²) in [5.74, 6) is 0.500. The number of anilines is 4. The van der Waals surface area contributed by atoms with Gasteiger partial charge in [0.05, 0.1) is 11.2 Å². The minimum absolute atomic E-state index is 0.231. The van der Waals surface area contributed by atoms with E-state index < -0.39 is 0 Å². The highest BCUT2D eigenvalue weighted by atomic mass is 16.1. The first-order chi connectivity index (χ1) is 17.0. The van der Waals surface area contributed by atoms with Crippen LogP contribution < -0.4 is 16.4 Å². The lowest BCUT2D eigenvalue weighted by atomic mass is 10.1. The van der Waals surface area contributed by atoms with Gasteiger partial charge in [-0.2, -0.15) is 0 Å². The lowest BCUT2D eigenvalue weighted by molar-refractivity contribution is 0.102. The molecule has 0 spiro atoms. The van der Waals surface area contributed by atoms with E-state index in [1.54, 1.807) is 30.6 Å². The number of carbonyl (C=O) groups is 1. The van der Waals surface area contributed by atoms with Gasteiger partial charge in [0.1, 0.15) is 5.82 Å². The number of hydrogen-bond donors (Lipinski definition) is 3. The molecule has 0 fully saturated rings. The Kier molecular flexibility index (Phi) is 6.00. The average Bonchev–Trinajstić information content (AvgIpc) is 2.85. The van der Waals surface area contributed by atoms with Crippen molar-refractivity contribution in [3.63, 3.8) is 0 Å². The Morgan fingerprint density at radius 1 is 0.943 bits per heavy atom. The van der Waals surface area contributed by atoms with Gasteiger partial charge in [0.15, 0.2) is 0 Å². The van der Waals surface area contributed by atoms with E-state index in [9.17, 15) is 4.79 Å². The molecule has 0 aliphatic rings. The minimum atomic E-state index is -0.231. The first-order valence-electron chi connectivity index (χ1n) is 11.1. The maximum Gasteiger partial charge on any atom is 0.256 e. The predicted molar refractivity (Wildman–Crippen MR) is 138 cm³/mol. The van der Waals surface area contributed by atoms with Gasteiger partial charge in [-0.1, -0.05) is 24.3 Å². The van der Waals surface area contributed by atoms with E-state index >= 15 is 0 Å². The first-order valence-corrected chi connectivity index (χ1v) is 11.1. The van der Waals surface area contributed by atoms with E-state index in [-0.39, 0.29) is 11.9 Å². The number of carbonyl (C=O) groups excluding carboxylic acids is 1. The highest BCUT2D eigenvalue weighted by Crippen LogP contribution is 2.25. The highest BCUT2D eigenvalue weighted by molar-refractivity contribution is 6.04. The second-order valence-electron chi connectivity index (χ2n) is 8.12. The number of pyridine rings is 2. The van der Waals surface area contributed by atoms with Crippen molar-refractivity contribution in [2.24, 2.45) is 0 Å². The van der Waals surface area contributed by atoms with Crippen LogP contribution in [0.3, 0.4) is 0 Å². The van der Waals surface area contributed by atoms with Crippen LogP contribution in [0, 0.1) is 6.92 Å². The molecule has 1 amide bonds. The molecule has 5 aromatic rings. The maximum atomic E-state index is 12.7. The van der Waals surface area contributed by atoms with Crippen molar-refractivity contribution in [3.05, 3.63) is 108 Å². The number of para-hydroxylation sites is 1. The average molecular weight is 462 g/mol. The number of aromatic nitrogens is 4. The molecule has 3 aromatic heterocycles. The van der Waals surface area contributed by atoms with Crippen molar-refractivity contribution in [2.75, 3.05) is 16.4 Å². The number of aryl methyl sites for hydroxylation is 1. The van der Waals surface area contributed by atoms with Crippen LogP contribution in [-0.4, -0.2) is 25.8 Å². The van der Waals surface area contributed by atoms with Gasteiger partial charge in [-0.25, -0.2) is 15.0 Å². The lowest BCUT2D eigenvalue weighted by Gasteiger charge is -2.10. The summed E-state index contributed by atoms with van der Waals surface area (Å²) in [6.45, 7) is 1.88. The second-order valence-corrected chi connectivity index (χ2v) is 8.12. The van der Waals surface area contributed by atoms with E-state index in [0.29, 0.717) is 17.8 Å². The molecular formula is C27H23N7O. The molecule has 8 heteroatoms. The number of nitrogens with zero attached hydrogens (tertiary/aromatic N) is 4. The zero-order valence-corrected chi connectivity index (χ0v) is 19.1. The van der Waals surface area contributed by atoms with Gasteiger partial charge < -0.3 is 16.4 Å². The molecule has 0 saturated heterocycles. The Morgan fingerprint density at radius 2 is 1.77 bits per heavy atom.